The summed E-state index contributed by atoms with van der Waals surface area (Å²) in [6.07, 6.45) is 0. The summed E-state index contributed by atoms with van der Waals surface area (Å²) >= 11 is 0. The molecule has 0 aliphatic carbocycles. The minimum atomic E-state index is -0.250. The number of amides is 1. The van der Waals surface area contributed by atoms with Gasteiger partial charge in [0.1, 0.15) is 0 Å². The predicted octanol–water partition coefficient (Wildman–Crippen LogP) is 0.234. The number of nitrogens with two attached hydrogens (primary N) is 1. The summed E-state index contributed by atoms with van der Waals surface area (Å²) in [7, 11) is 1.56. The highest BCUT2D eigenvalue weighted by atomic mass is 16.7. The smallest absolute Gasteiger partial charge is 0.254 e. The number of nitrogens with zero attached hydrogens (tertiary/aromatic N) is 2. The molecule has 7 nitrogen and oxygen atoms in total. The Hall–Kier alpha value is -2.44. The molecule has 0 bridgehead atoms. The van der Waals surface area contributed by atoms with E-state index in [0.717, 1.165) is 0 Å². The lowest BCUT2D eigenvalue weighted by atomic mass is 10.2. The third-order valence-electron chi connectivity index (χ3n) is 2.49. The number of ether oxygens (including phenoxy) is 2. The zero-order chi connectivity index (χ0) is 13.1. The van der Waals surface area contributed by atoms with E-state index in [1.54, 1.807) is 25.2 Å². The summed E-state index contributed by atoms with van der Waals surface area (Å²) in [5, 5.41) is 11.3. The van der Waals surface area contributed by atoms with Crippen LogP contribution in [0.15, 0.2) is 23.4 Å². The standard InChI is InChI=1S/C11H13N3O4/c1-14(5-10(12)13-16)11(15)7-2-3-8-9(4-7)18-6-17-8/h2-4,16H,5-6H2,1H3,(H2,12,13). The Morgan fingerprint density at radius 3 is 2.94 bits per heavy atom. The van der Waals surface area contributed by atoms with E-state index in [2.05, 4.69) is 5.16 Å². The van der Waals surface area contributed by atoms with Crippen molar-refractivity contribution in [1.29, 1.82) is 0 Å². The second kappa shape index (κ2) is 4.82. The fraction of sp³-hybridized carbons (Fsp3) is 0.273. The predicted molar refractivity (Wildman–Crippen MR) is 62.9 cm³/mol. The number of amidine groups is 1. The molecular weight excluding hydrogens is 238 g/mol. The zero-order valence-electron chi connectivity index (χ0n) is 9.79. The van der Waals surface area contributed by atoms with Crippen LogP contribution < -0.4 is 15.2 Å². The summed E-state index contributed by atoms with van der Waals surface area (Å²) in [6.45, 7) is 0.205. The second-order valence-corrected chi connectivity index (χ2v) is 3.82. The first-order chi connectivity index (χ1) is 8.61. The van der Waals surface area contributed by atoms with Crippen LogP contribution in [0, 0.1) is 0 Å². The van der Waals surface area contributed by atoms with Crippen LogP contribution in [0.25, 0.3) is 0 Å². The number of fused-ring (bicyclic) bond motifs is 1. The molecule has 1 aliphatic heterocycles. The Morgan fingerprint density at radius 2 is 2.22 bits per heavy atom. The molecular formula is C11H13N3O4. The van der Waals surface area contributed by atoms with Gasteiger partial charge in [-0.1, -0.05) is 5.16 Å². The van der Waals surface area contributed by atoms with Crippen LogP contribution in [0.4, 0.5) is 0 Å². The highest BCUT2D eigenvalue weighted by molar-refractivity contribution is 5.97. The van der Waals surface area contributed by atoms with E-state index < -0.39 is 0 Å². The van der Waals surface area contributed by atoms with Gasteiger partial charge in [-0.25, -0.2) is 0 Å². The van der Waals surface area contributed by atoms with Gasteiger partial charge in [-0.05, 0) is 18.2 Å². The molecule has 1 aromatic rings. The van der Waals surface area contributed by atoms with Gasteiger partial charge in [0.15, 0.2) is 17.3 Å². The van der Waals surface area contributed by atoms with E-state index in [4.69, 9.17) is 20.4 Å². The molecule has 0 saturated heterocycles. The van der Waals surface area contributed by atoms with E-state index in [9.17, 15) is 4.79 Å². The maximum Gasteiger partial charge on any atom is 0.254 e. The molecule has 0 aromatic heterocycles. The maximum atomic E-state index is 12.0. The van der Waals surface area contributed by atoms with Crippen LogP contribution in [-0.2, 0) is 0 Å². The quantitative estimate of drug-likeness (QED) is 0.347. The summed E-state index contributed by atoms with van der Waals surface area (Å²) < 4.78 is 10.3. The van der Waals surface area contributed by atoms with E-state index in [1.165, 1.54) is 4.90 Å². The number of hydrogen-bond donors (Lipinski definition) is 2. The average molecular weight is 251 g/mol. The number of benzene rings is 1. The lowest BCUT2D eigenvalue weighted by Gasteiger charge is -2.16. The number of hydrogen-bond acceptors (Lipinski definition) is 5. The highest BCUT2D eigenvalue weighted by Crippen LogP contribution is 2.32. The molecule has 0 atom stereocenters. The van der Waals surface area contributed by atoms with Crippen LogP contribution in [0.1, 0.15) is 10.4 Å². The molecule has 1 aromatic carbocycles. The topological polar surface area (TPSA) is 97.4 Å². The highest BCUT2D eigenvalue weighted by Gasteiger charge is 2.18. The molecule has 0 saturated carbocycles. The Bertz CT molecular complexity index is 501. The van der Waals surface area contributed by atoms with E-state index in [0.29, 0.717) is 17.1 Å². The van der Waals surface area contributed by atoms with Gasteiger partial charge in [-0.3, -0.25) is 4.79 Å². The summed E-state index contributed by atoms with van der Waals surface area (Å²) in [4.78, 5) is 13.4. The number of carbonyl (C=O) groups excluding carboxylic acids is 1. The van der Waals surface area contributed by atoms with Crippen molar-refractivity contribution in [1.82, 2.24) is 4.90 Å². The fourth-order valence-corrected chi connectivity index (χ4v) is 1.60. The minimum Gasteiger partial charge on any atom is -0.454 e. The van der Waals surface area contributed by atoms with Crippen molar-refractivity contribution in [3.63, 3.8) is 0 Å². The van der Waals surface area contributed by atoms with Crippen molar-refractivity contribution in [3.8, 4) is 11.5 Å². The number of likely N-dealkylation sites (N-methyl/N-ethyl adjacent to an activating group) is 1. The molecule has 18 heavy (non-hydrogen) atoms. The molecule has 2 rings (SSSR count). The van der Waals surface area contributed by atoms with Gasteiger partial charge in [-0.15, -0.1) is 0 Å². The normalized spacial score (nSPS) is 13.5. The van der Waals surface area contributed by atoms with Gasteiger partial charge in [0.25, 0.3) is 5.91 Å². The van der Waals surface area contributed by atoms with Crippen molar-refractivity contribution < 1.29 is 19.5 Å². The fourth-order valence-electron chi connectivity index (χ4n) is 1.60. The van der Waals surface area contributed by atoms with Crippen molar-refractivity contribution >= 4 is 11.7 Å². The third-order valence-corrected chi connectivity index (χ3v) is 2.49. The molecule has 1 amide bonds. The largest absolute Gasteiger partial charge is 0.454 e. The molecule has 1 heterocycles. The Kier molecular flexibility index (Phi) is 3.22. The average Bonchev–Trinajstić information content (AvgIpc) is 2.84. The van der Waals surface area contributed by atoms with E-state index in [1.807, 2.05) is 0 Å². The van der Waals surface area contributed by atoms with Gasteiger partial charge in [0.2, 0.25) is 6.79 Å². The van der Waals surface area contributed by atoms with Gasteiger partial charge in [-0.2, -0.15) is 0 Å². The third kappa shape index (κ3) is 2.29. The number of oxime groups is 1. The van der Waals surface area contributed by atoms with Crippen LogP contribution in [-0.4, -0.2) is 42.2 Å². The van der Waals surface area contributed by atoms with Crippen LogP contribution in [0.5, 0.6) is 11.5 Å². The minimum absolute atomic E-state index is 0.0356. The Labute approximate surface area is 103 Å². The van der Waals surface area contributed by atoms with E-state index in [-0.39, 0.29) is 25.1 Å². The van der Waals surface area contributed by atoms with Crippen molar-refractivity contribution in [2.24, 2.45) is 10.9 Å². The van der Waals surface area contributed by atoms with Gasteiger partial charge in [0.05, 0.1) is 6.54 Å². The molecule has 7 heteroatoms. The lowest BCUT2D eigenvalue weighted by Crippen LogP contribution is -2.35. The number of rotatable bonds is 3. The monoisotopic (exact) mass is 251 g/mol. The summed E-state index contributed by atoms with van der Waals surface area (Å²) in [5.41, 5.74) is 5.79. The van der Waals surface area contributed by atoms with Crippen molar-refractivity contribution in [2.75, 3.05) is 20.4 Å². The first-order valence-corrected chi connectivity index (χ1v) is 5.23. The molecule has 0 spiro atoms. The van der Waals surface area contributed by atoms with Gasteiger partial charge in [0, 0.05) is 12.6 Å². The van der Waals surface area contributed by atoms with Crippen LogP contribution in [0.2, 0.25) is 0 Å². The van der Waals surface area contributed by atoms with Gasteiger partial charge >= 0.3 is 0 Å². The van der Waals surface area contributed by atoms with Crippen molar-refractivity contribution in [3.05, 3.63) is 23.8 Å². The molecule has 0 unspecified atom stereocenters. The first-order valence-electron chi connectivity index (χ1n) is 5.23. The second-order valence-electron chi connectivity index (χ2n) is 3.82. The first kappa shape index (κ1) is 12.0. The summed E-state index contributed by atoms with van der Waals surface area (Å²) in [5.74, 6) is 0.871. The Balaban J connectivity index is 2.14. The van der Waals surface area contributed by atoms with Crippen LogP contribution >= 0.6 is 0 Å². The van der Waals surface area contributed by atoms with Crippen LogP contribution in [0.3, 0.4) is 0 Å². The van der Waals surface area contributed by atoms with Gasteiger partial charge < -0.3 is 25.3 Å². The molecule has 0 radical (unpaired) electrons. The molecule has 96 valence electrons. The SMILES string of the molecule is CN(CC(N)=NO)C(=O)c1ccc2c(c1)OCO2. The summed E-state index contributed by atoms with van der Waals surface area (Å²) in [6, 6.07) is 4.92. The van der Waals surface area contributed by atoms with E-state index >= 15 is 0 Å². The maximum absolute atomic E-state index is 12.0. The lowest BCUT2D eigenvalue weighted by molar-refractivity contribution is 0.0813. The Morgan fingerprint density at radius 1 is 1.50 bits per heavy atom. The molecule has 1 aliphatic rings. The number of carbonyl (C=O) groups is 1. The molecule has 0 fully saturated rings. The molecule has 3 N–H and O–H groups in total. The zero-order valence-corrected chi connectivity index (χ0v) is 9.79. The van der Waals surface area contributed by atoms with Crippen molar-refractivity contribution in [2.45, 2.75) is 0 Å².